The van der Waals surface area contributed by atoms with E-state index in [0.29, 0.717) is 11.2 Å². The first-order valence-corrected chi connectivity index (χ1v) is 5.73. The zero-order chi connectivity index (χ0) is 14.4. The third kappa shape index (κ3) is 3.34. The van der Waals surface area contributed by atoms with E-state index in [9.17, 15) is 14.4 Å². The number of ether oxygens (including phenoxy) is 1. The van der Waals surface area contributed by atoms with Crippen LogP contribution in [0.2, 0.25) is 0 Å². The summed E-state index contributed by atoms with van der Waals surface area (Å²) in [6, 6.07) is 2.24. The van der Waals surface area contributed by atoms with Crippen molar-refractivity contribution in [3.8, 4) is 0 Å². The molecule has 0 unspecified atom stereocenters. The molecule has 7 heteroatoms. The van der Waals surface area contributed by atoms with Crippen LogP contribution in [0.25, 0.3) is 0 Å². The maximum absolute atomic E-state index is 12.0. The van der Waals surface area contributed by atoms with Crippen molar-refractivity contribution >= 4 is 11.9 Å². The largest absolute Gasteiger partial charge is 0.476 e. The molecule has 1 aromatic heterocycles. The Kier molecular flexibility index (Phi) is 5.11. The molecule has 0 aliphatic carbocycles. The van der Waals surface area contributed by atoms with Crippen LogP contribution in [0.1, 0.15) is 40.6 Å². The molecule has 1 N–H and O–H groups in total. The Bertz CT molecular complexity index is 534. The first kappa shape index (κ1) is 14.7. The van der Waals surface area contributed by atoms with Crippen molar-refractivity contribution in [3.63, 3.8) is 0 Å². The van der Waals surface area contributed by atoms with Crippen LogP contribution in [-0.4, -0.2) is 35.5 Å². The third-order valence-electron chi connectivity index (χ3n) is 2.38. The van der Waals surface area contributed by atoms with Crippen molar-refractivity contribution in [1.82, 2.24) is 4.73 Å². The Balaban J connectivity index is 3.24. The number of hydrogen-bond donors (Lipinski definition) is 1. The number of hydrogen-bond acceptors (Lipinski definition) is 5. The molecule has 0 aromatic carbocycles. The summed E-state index contributed by atoms with van der Waals surface area (Å²) in [5.41, 5.74) is -1.46. The molecular formula is C12H15NO6. The normalized spacial score (nSPS) is 10.0. The number of aromatic carboxylic acids is 1. The molecular weight excluding hydrogens is 254 g/mol. The first-order chi connectivity index (χ1) is 9.02. The van der Waals surface area contributed by atoms with E-state index in [1.54, 1.807) is 0 Å². The fourth-order valence-electron chi connectivity index (χ4n) is 1.37. The first-order valence-electron chi connectivity index (χ1n) is 5.73. The van der Waals surface area contributed by atoms with Crippen LogP contribution < -0.4 is 10.4 Å². The summed E-state index contributed by atoms with van der Waals surface area (Å²) >= 11 is 0. The standard InChI is InChI=1S/C12H15NO6/c1-3-4-7-19-13-9(11(15)16)6-5-8(10(13)14)12(17)18-2/h5-6H,3-4,7H2,1-2H3,(H,15,16). The molecule has 0 saturated heterocycles. The molecule has 0 fully saturated rings. The molecule has 7 nitrogen and oxygen atoms in total. The van der Waals surface area contributed by atoms with Crippen LogP contribution in [0.4, 0.5) is 0 Å². The molecule has 0 bridgehead atoms. The Morgan fingerprint density at radius 3 is 2.58 bits per heavy atom. The molecule has 104 valence electrons. The summed E-state index contributed by atoms with van der Waals surface area (Å²) in [5.74, 6) is -2.15. The maximum Gasteiger partial charge on any atom is 0.356 e. The van der Waals surface area contributed by atoms with Gasteiger partial charge in [0.1, 0.15) is 12.2 Å². The number of methoxy groups -OCH3 is 1. The summed E-state index contributed by atoms with van der Waals surface area (Å²) in [6.07, 6.45) is 1.49. The highest BCUT2D eigenvalue weighted by atomic mass is 16.7. The lowest BCUT2D eigenvalue weighted by Crippen LogP contribution is -2.35. The predicted octanol–water partition coefficient (Wildman–Crippen LogP) is 0.562. The van der Waals surface area contributed by atoms with Gasteiger partial charge in [0, 0.05) is 0 Å². The Morgan fingerprint density at radius 1 is 1.37 bits per heavy atom. The average Bonchev–Trinajstić information content (AvgIpc) is 2.39. The monoisotopic (exact) mass is 269 g/mol. The van der Waals surface area contributed by atoms with Crippen LogP contribution in [0, 0.1) is 0 Å². The quantitative estimate of drug-likeness (QED) is 0.599. The summed E-state index contributed by atoms with van der Waals surface area (Å²) in [4.78, 5) is 39.4. The van der Waals surface area contributed by atoms with E-state index in [2.05, 4.69) is 4.74 Å². The minimum atomic E-state index is -1.31. The molecule has 0 aliphatic rings. The van der Waals surface area contributed by atoms with Crippen LogP contribution in [0.15, 0.2) is 16.9 Å². The molecule has 1 rings (SSSR count). The summed E-state index contributed by atoms with van der Waals surface area (Å²) in [5, 5.41) is 8.98. The van der Waals surface area contributed by atoms with Crippen molar-refractivity contribution in [1.29, 1.82) is 0 Å². The van der Waals surface area contributed by atoms with Gasteiger partial charge in [0.25, 0.3) is 5.56 Å². The fraction of sp³-hybridized carbons (Fsp3) is 0.417. The molecule has 19 heavy (non-hydrogen) atoms. The second kappa shape index (κ2) is 6.58. The third-order valence-corrected chi connectivity index (χ3v) is 2.38. The van der Waals surface area contributed by atoms with Gasteiger partial charge in [-0.3, -0.25) is 4.79 Å². The van der Waals surface area contributed by atoms with E-state index in [-0.39, 0.29) is 17.9 Å². The van der Waals surface area contributed by atoms with Gasteiger partial charge in [-0.25, -0.2) is 9.59 Å². The van der Waals surface area contributed by atoms with Crippen molar-refractivity contribution < 1.29 is 24.3 Å². The molecule has 0 saturated carbocycles. The van der Waals surface area contributed by atoms with E-state index < -0.39 is 17.5 Å². The van der Waals surface area contributed by atoms with Gasteiger partial charge in [-0.1, -0.05) is 13.3 Å². The minimum Gasteiger partial charge on any atom is -0.476 e. The lowest BCUT2D eigenvalue weighted by atomic mass is 10.2. The number of unbranched alkanes of at least 4 members (excludes halogenated alkanes) is 1. The number of aromatic nitrogens is 1. The molecule has 0 spiro atoms. The van der Waals surface area contributed by atoms with Gasteiger partial charge >= 0.3 is 11.9 Å². The van der Waals surface area contributed by atoms with Crippen LogP contribution in [0.5, 0.6) is 0 Å². The number of carbonyl (C=O) groups excluding carboxylic acids is 1. The molecule has 1 heterocycles. The van der Waals surface area contributed by atoms with Gasteiger partial charge in [0.15, 0.2) is 5.69 Å². The van der Waals surface area contributed by atoms with E-state index in [0.717, 1.165) is 25.7 Å². The summed E-state index contributed by atoms with van der Waals surface area (Å²) in [6.45, 7) is 2.11. The molecule has 1 aromatic rings. The van der Waals surface area contributed by atoms with Crippen molar-refractivity contribution in [2.75, 3.05) is 13.7 Å². The molecule has 0 aliphatic heterocycles. The average molecular weight is 269 g/mol. The summed E-state index contributed by atoms with van der Waals surface area (Å²) in [7, 11) is 1.13. The number of carboxylic acids is 1. The number of carbonyl (C=O) groups is 2. The van der Waals surface area contributed by atoms with Gasteiger partial charge in [0.05, 0.1) is 7.11 Å². The highest BCUT2D eigenvalue weighted by Gasteiger charge is 2.19. The zero-order valence-corrected chi connectivity index (χ0v) is 10.7. The van der Waals surface area contributed by atoms with Gasteiger partial charge < -0.3 is 14.7 Å². The Labute approximate surface area is 109 Å². The molecule has 0 atom stereocenters. The van der Waals surface area contributed by atoms with Gasteiger partial charge in [0.2, 0.25) is 0 Å². The Morgan fingerprint density at radius 2 is 2.05 bits per heavy atom. The van der Waals surface area contributed by atoms with E-state index in [1.165, 1.54) is 0 Å². The fourth-order valence-corrected chi connectivity index (χ4v) is 1.37. The highest BCUT2D eigenvalue weighted by Crippen LogP contribution is 2.01. The van der Waals surface area contributed by atoms with Crippen molar-refractivity contribution in [2.24, 2.45) is 0 Å². The second-order valence-electron chi connectivity index (χ2n) is 3.72. The van der Waals surface area contributed by atoms with Crippen LogP contribution >= 0.6 is 0 Å². The van der Waals surface area contributed by atoms with Crippen molar-refractivity contribution in [3.05, 3.63) is 33.7 Å². The smallest absolute Gasteiger partial charge is 0.356 e. The lowest BCUT2D eigenvalue weighted by molar-refractivity contribution is 0.0525. The van der Waals surface area contributed by atoms with E-state index in [4.69, 9.17) is 9.94 Å². The molecule has 0 amide bonds. The number of rotatable bonds is 6. The van der Waals surface area contributed by atoms with E-state index in [1.807, 2.05) is 6.92 Å². The number of pyridine rings is 1. The van der Waals surface area contributed by atoms with Gasteiger partial charge in [-0.2, -0.15) is 0 Å². The van der Waals surface area contributed by atoms with Gasteiger partial charge in [-0.05, 0) is 18.6 Å². The number of esters is 1. The zero-order valence-electron chi connectivity index (χ0n) is 10.7. The van der Waals surface area contributed by atoms with Crippen LogP contribution in [-0.2, 0) is 4.74 Å². The molecule has 0 radical (unpaired) electrons. The van der Waals surface area contributed by atoms with E-state index >= 15 is 0 Å². The SMILES string of the molecule is CCCCOn1c(C(=O)O)ccc(C(=O)OC)c1=O. The summed E-state index contributed by atoms with van der Waals surface area (Å²) < 4.78 is 5.06. The maximum atomic E-state index is 12.0. The van der Waals surface area contributed by atoms with Gasteiger partial charge in [-0.15, -0.1) is 4.73 Å². The van der Waals surface area contributed by atoms with Crippen LogP contribution in [0.3, 0.4) is 0 Å². The second-order valence-corrected chi connectivity index (χ2v) is 3.72. The number of nitrogens with zero attached hydrogens (tertiary/aromatic N) is 1. The minimum absolute atomic E-state index is 0.182. The highest BCUT2D eigenvalue weighted by molar-refractivity contribution is 5.90. The number of carboxylic acid groups (broad SMARTS) is 1. The topological polar surface area (TPSA) is 94.8 Å². The predicted molar refractivity (Wildman–Crippen MR) is 65.4 cm³/mol. The lowest BCUT2D eigenvalue weighted by Gasteiger charge is -2.12. The van der Waals surface area contributed by atoms with Crippen molar-refractivity contribution in [2.45, 2.75) is 19.8 Å². The Hall–Kier alpha value is -2.31.